The van der Waals surface area contributed by atoms with Crippen LogP contribution >= 0.6 is 0 Å². The number of hydrogen-bond donors (Lipinski definition) is 3. The third-order valence-corrected chi connectivity index (χ3v) is 7.46. The number of esters is 1. The maximum atomic E-state index is 13.7. The molecule has 3 rings (SSSR count). The summed E-state index contributed by atoms with van der Waals surface area (Å²) in [4.78, 5) is 78.7. The first-order valence-electron chi connectivity index (χ1n) is 14.5. The second kappa shape index (κ2) is 14.7. The standard InChI is InChI=1S/C30H42N4O7/c1-4-41-25(36)19-21(35)14-9-6-10-15-22-26(37)33-30(2,3)29(40)32-23(18-20-12-7-5-8-13-20)28(39)34-17-11-16-24(34)27(38)31-22/h5,7-8,12-13,22-24H,4,6,9-11,14-19H2,1-3H3,(H,31,38)(H,32,40)(H,33,37)/t22-,23-,24?/m0/s1. The summed E-state index contributed by atoms with van der Waals surface area (Å²) in [5, 5.41) is 8.42. The zero-order valence-electron chi connectivity index (χ0n) is 24.2. The van der Waals surface area contributed by atoms with E-state index in [1.54, 1.807) is 20.8 Å². The molecule has 1 unspecified atom stereocenters. The maximum absolute atomic E-state index is 13.7. The Balaban J connectivity index is 1.69. The third-order valence-electron chi connectivity index (χ3n) is 7.46. The van der Waals surface area contributed by atoms with E-state index in [4.69, 9.17) is 4.74 Å². The normalized spacial score (nSPS) is 22.9. The van der Waals surface area contributed by atoms with Gasteiger partial charge in [-0.05, 0) is 52.0 Å². The van der Waals surface area contributed by atoms with E-state index in [0.29, 0.717) is 45.1 Å². The van der Waals surface area contributed by atoms with Gasteiger partial charge in [0, 0.05) is 19.4 Å². The minimum Gasteiger partial charge on any atom is -0.466 e. The molecule has 0 aliphatic carbocycles. The van der Waals surface area contributed by atoms with E-state index >= 15 is 0 Å². The van der Waals surface area contributed by atoms with Crippen molar-refractivity contribution in [3.05, 3.63) is 35.9 Å². The zero-order valence-corrected chi connectivity index (χ0v) is 24.2. The minimum atomic E-state index is -1.35. The lowest BCUT2D eigenvalue weighted by atomic mass is 9.98. The first-order valence-corrected chi connectivity index (χ1v) is 14.5. The van der Waals surface area contributed by atoms with Crippen LogP contribution in [-0.2, 0) is 39.9 Å². The van der Waals surface area contributed by atoms with Gasteiger partial charge in [0.05, 0.1) is 6.61 Å². The molecule has 1 aromatic carbocycles. The number of benzene rings is 1. The van der Waals surface area contributed by atoms with Crippen molar-refractivity contribution in [3.8, 4) is 0 Å². The van der Waals surface area contributed by atoms with Crippen molar-refractivity contribution in [2.45, 2.75) is 102 Å². The Morgan fingerprint density at radius 1 is 0.976 bits per heavy atom. The number of hydrogen-bond acceptors (Lipinski definition) is 7. The van der Waals surface area contributed by atoms with Crippen LogP contribution in [0, 0.1) is 0 Å². The van der Waals surface area contributed by atoms with E-state index in [1.165, 1.54) is 4.90 Å². The third kappa shape index (κ3) is 9.12. The number of rotatable bonds is 11. The van der Waals surface area contributed by atoms with Gasteiger partial charge in [0.2, 0.25) is 23.6 Å². The summed E-state index contributed by atoms with van der Waals surface area (Å²) in [5.74, 6) is -2.46. The number of ether oxygens (including phenoxy) is 1. The Hall–Kier alpha value is -3.76. The van der Waals surface area contributed by atoms with Crippen LogP contribution in [0.3, 0.4) is 0 Å². The molecule has 2 saturated heterocycles. The van der Waals surface area contributed by atoms with Crippen LogP contribution in [0.2, 0.25) is 0 Å². The highest BCUT2D eigenvalue weighted by molar-refractivity contribution is 5.99. The summed E-state index contributed by atoms with van der Waals surface area (Å²) in [6.07, 6.45) is 3.28. The second-order valence-electron chi connectivity index (χ2n) is 11.2. The Morgan fingerprint density at radius 3 is 2.41 bits per heavy atom. The molecule has 0 radical (unpaired) electrons. The summed E-state index contributed by atoms with van der Waals surface area (Å²) in [6, 6.07) is 6.78. The van der Waals surface area contributed by atoms with Crippen LogP contribution in [0.15, 0.2) is 30.3 Å². The van der Waals surface area contributed by atoms with Gasteiger partial charge in [-0.1, -0.05) is 43.2 Å². The first kappa shape index (κ1) is 31.8. The van der Waals surface area contributed by atoms with E-state index in [1.807, 2.05) is 30.3 Å². The summed E-state index contributed by atoms with van der Waals surface area (Å²) in [7, 11) is 0. The Bertz CT molecular complexity index is 1120. The topological polar surface area (TPSA) is 151 Å². The van der Waals surface area contributed by atoms with Crippen molar-refractivity contribution in [3.63, 3.8) is 0 Å². The van der Waals surface area contributed by atoms with E-state index in [9.17, 15) is 28.8 Å². The fourth-order valence-electron chi connectivity index (χ4n) is 5.19. The highest BCUT2D eigenvalue weighted by Gasteiger charge is 2.42. The largest absolute Gasteiger partial charge is 0.466 e. The van der Waals surface area contributed by atoms with Gasteiger partial charge in [-0.3, -0.25) is 28.8 Å². The maximum Gasteiger partial charge on any atom is 0.313 e. The fraction of sp³-hybridized carbons (Fsp3) is 0.600. The molecular weight excluding hydrogens is 528 g/mol. The van der Waals surface area contributed by atoms with E-state index in [-0.39, 0.29) is 37.6 Å². The predicted molar refractivity (Wildman–Crippen MR) is 150 cm³/mol. The van der Waals surface area contributed by atoms with Crippen LogP contribution < -0.4 is 16.0 Å². The van der Waals surface area contributed by atoms with Crippen molar-refractivity contribution in [2.75, 3.05) is 13.2 Å². The lowest BCUT2D eigenvalue weighted by Crippen LogP contribution is -2.64. The Kier molecular flexibility index (Phi) is 11.4. The van der Waals surface area contributed by atoms with Gasteiger partial charge in [0.1, 0.15) is 35.9 Å². The molecular formula is C30H42N4O7. The van der Waals surface area contributed by atoms with Crippen LogP contribution in [0.4, 0.5) is 0 Å². The predicted octanol–water partition coefficient (Wildman–Crippen LogP) is 1.57. The van der Waals surface area contributed by atoms with Crippen molar-refractivity contribution >= 4 is 35.4 Å². The molecule has 3 atom stereocenters. The van der Waals surface area contributed by atoms with Crippen molar-refractivity contribution in [1.82, 2.24) is 20.9 Å². The summed E-state index contributed by atoms with van der Waals surface area (Å²) in [5.41, 5.74) is -0.485. The minimum absolute atomic E-state index is 0.204. The Labute approximate surface area is 241 Å². The molecule has 4 amide bonds. The van der Waals surface area contributed by atoms with Crippen LogP contribution in [-0.4, -0.2) is 77.1 Å². The molecule has 224 valence electrons. The molecule has 0 saturated carbocycles. The average molecular weight is 571 g/mol. The van der Waals surface area contributed by atoms with Gasteiger partial charge >= 0.3 is 5.97 Å². The monoisotopic (exact) mass is 570 g/mol. The number of nitrogens with zero attached hydrogens (tertiary/aromatic N) is 1. The number of carbonyl (C=O) groups is 6. The van der Waals surface area contributed by atoms with Gasteiger partial charge < -0.3 is 25.6 Å². The Morgan fingerprint density at radius 2 is 1.71 bits per heavy atom. The van der Waals surface area contributed by atoms with E-state index < -0.39 is 47.4 Å². The smallest absolute Gasteiger partial charge is 0.313 e. The molecule has 0 spiro atoms. The summed E-state index contributed by atoms with van der Waals surface area (Å²) >= 11 is 0. The molecule has 11 heteroatoms. The molecule has 41 heavy (non-hydrogen) atoms. The molecule has 2 heterocycles. The van der Waals surface area contributed by atoms with E-state index in [0.717, 1.165) is 5.56 Å². The van der Waals surface area contributed by atoms with Crippen LogP contribution in [0.5, 0.6) is 0 Å². The molecule has 0 aromatic heterocycles. The molecule has 2 aliphatic heterocycles. The number of ketones is 1. The second-order valence-corrected chi connectivity index (χ2v) is 11.2. The van der Waals surface area contributed by atoms with Gasteiger partial charge in [-0.2, -0.15) is 0 Å². The van der Waals surface area contributed by atoms with Crippen LogP contribution in [0.1, 0.15) is 77.7 Å². The van der Waals surface area contributed by atoms with Crippen molar-refractivity contribution < 1.29 is 33.5 Å². The molecule has 2 aliphatic rings. The van der Waals surface area contributed by atoms with E-state index in [2.05, 4.69) is 16.0 Å². The zero-order chi connectivity index (χ0) is 30.0. The number of unbranched alkanes of at least 4 members (excludes halogenated alkanes) is 2. The fourth-order valence-corrected chi connectivity index (χ4v) is 5.19. The highest BCUT2D eigenvalue weighted by Crippen LogP contribution is 2.21. The molecule has 3 N–H and O–H groups in total. The number of fused-ring (bicyclic) bond motifs is 1. The van der Waals surface area contributed by atoms with Gasteiger partial charge in [0.15, 0.2) is 0 Å². The molecule has 1 aromatic rings. The van der Waals surface area contributed by atoms with Gasteiger partial charge in [0.25, 0.3) is 0 Å². The first-order chi connectivity index (χ1) is 19.5. The summed E-state index contributed by atoms with van der Waals surface area (Å²) in [6.45, 7) is 5.41. The molecule has 11 nitrogen and oxygen atoms in total. The van der Waals surface area contributed by atoms with Gasteiger partial charge in [-0.15, -0.1) is 0 Å². The molecule has 0 bridgehead atoms. The highest BCUT2D eigenvalue weighted by atomic mass is 16.5. The van der Waals surface area contributed by atoms with Crippen molar-refractivity contribution in [2.24, 2.45) is 0 Å². The quantitative estimate of drug-likeness (QED) is 0.208. The number of amides is 4. The lowest BCUT2D eigenvalue weighted by Gasteiger charge is -2.34. The van der Waals surface area contributed by atoms with Crippen molar-refractivity contribution in [1.29, 1.82) is 0 Å². The lowest BCUT2D eigenvalue weighted by molar-refractivity contribution is -0.145. The number of Topliss-reactive ketones (excluding diaryl/α,β-unsaturated/α-hetero) is 1. The molecule has 2 fully saturated rings. The van der Waals surface area contributed by atoms with Gasteiger partial charge in [-0.25, -0.2) is 0 Å². The summed E-state index contributed by atoms with van der Waals surface area (Å²) < 4.78 is 4.80. The number of nitrogens with one attached hydrogen (secondary N) is 3. The SMILES string of the molecule is CCOC(=O)CC(=O)CCCCC[C@@H]1NC(=O)C2CCCN2C(=O)[C@H](Cc2ccccc2)NC(=O)C(C)(C)NC1=O. The van der Waals surface area contributed by atoms with Crippen LogP contribution in [0.25, 0.3) is 0 Å². The number of carbonyl (C=O) groups excluding carboxylic acids is 6. The average Bonchev–Trinajstić information content (AvgIpc) is 3.41.